The molecule has 330 valence electrons. The molecule has 0 N–H and O–H groups in total. The average molecular weight is 901 g/mol. The van der Waals surface area contributed by atoms with Crippen molar-refractivity contribution in [1.29, 1.82) is 0 Å². The third-order valence-corrected chi connectivity index (χ3v) is 14.8. The van der Waals surface area contributed by atoms with E-state index in [1.807, 2.05) is 0 Å². The van der Waals surface area contributed by atoms with Crippen LogP contribution in [0.1, 0.15) is 0 Å². The molecule has 0 aliphatic carbocycles. The lowest BCUT2D eigenvalue weighted by molar-refractivity contribution is 1.25. The molecule has 0 radical (unpaired) electrons. The van der Waals surface area contributed by atoms with Gasteiger partial charge in [-0.05, 0) is 119 Å². The summed E-state index contributed by atoms with van der Waals surface area (Å²) in [7, 11) is 0. The number of fused-ring (bicyclic) bond motifs is 6. The van der Waals surface area contributed by atoms with Crippen molar-refractivity contribution >= 4 is 78.8 Å². The molecule has 0 saturated heterocycles. The number of hydrogen-bond donors (Lipinski definition) is 0. The van der Waals surface area contributed by atoms with E-state index in [0.29, 0.717) is 0 Å². The fourth-order valence-electron chi connectivity index (χ4n) is 11.9. The summed E-state index contributed by atoms with van der Waals surface area (Å²) in [5.41, 5.74) is 22.9. The molecule has 0 amide bonds. The number of anilines is 6. The highest BCUT2D eigenvalue weighted by molar-refractivity contribution is 7.00. The maximum Gasteiger partial charge on any atom is 0.252 e. The molecule has 0 atom stereocenters. The van der Waals surface area contributed by atoms with Crippen LogP contribution < -0.4 is 26.2 Å². The summed E-state index contributed by atoms with van der Waals surface area (Å²) in [4.78, 5) is 5.14. The van der Waals surface area contributed by atoms with Crippen molar-refractivity contribution in [2.24, 2.45) is 0 Å². The molecule has 0 unspecified atom stereocenters. The topological polar surface area (TPSA) is 6.48 Å². The van der Waals surface area contributed by atoms with E-state index < -0.39 is 0 Å². The molecule has 71 heavy (non-hydrogen) atoms. The Hall–Kier alpha value is -9.18. The quantitative estimate of drug-likeness (QED) is 0.116. The van der Waals surface area contributed by atoms with Crippen molar-refractivity contribution in [2.45, 2.75) is 0 Å². The largest absolute Gasteiger partial charge is 0.311 e. The summed E-state index contributed by atoms with van der Waals surface area (Å²) < 4.78 is 0. The zero-order chi connectivity index (χ0) is 46.8. The number of rotatable bonds is 7. The molecule has 0 spiro atoms. The minimum Gasteiger partial charge on any atom is -0.311 e. The van der Waals surface area contributed by atoms with Crippen molar-refractivity contribution in [3.63, 3.8) is 0 Å². The van der Waals surface area contributed by atoms with Crippen molar-refractivity contribution in [3.8, 4) is 55.6 Å². The van der Waals surface area contributed by atoms with Crippen LogP contribution in [0.4, 0.5) is 34.1 Å². The van der Waals surface area contributed by atoms with Gasteiger partial charge in [-0.2, -0.15) is 0 Å². The Bertz CT molecular complexity index is 3800. The first kappa shape index (κ1) is 40.9. The van der Waals surface area contributed by atoms with Crippen LogP contribution in [-0.4, -0.2) is 6.71 Å². The van der Waals surface area contributed by atoms with Crippen LogP contribution in [0.25, 0.3) is 77.2 Å². The minimum atomic E-state index is -0.0212. The van der Waals surface area contributed by atoms with Crippen molar-refractivity contribution < 1.29 is 0 Å². The highest BCUT2D eigenvalue weighted by atomic mass is 15.2. The molecule has 0 aromatic heterocycles. The summed E-state index contributed by atoms with van der Waals surface area (Å²) >= 11 is 0. The van der Waals surface area contributed by atoms with Gasteiger partial charge in [-0.25, -0.2) is 0 Å². The van der Waals surface area contributed by atoms with Gasteiger partial charge in [0.15, 0.2) is 0 Å². The van der Waals surface area contributed by atoms with Crippen LogP contribution >= 0.6 is 0 Å². The molecule has 2 aliphatic rings. The first-order valence-corrected chi connectivity index (χ1v) is 24.6. The normalized spacial score (nSPS) is 12.4. The Morgan fingerprint density at radius 3 is 1.00 bits per heavy atom. The highest BCUT2D eigenvalue weighted by Gasteiger charge is 2.44. The van der Waals surface area contributed by atoms with Gasteiger partial charge in [0.2, 0.25) is 0 Å². The van der Waals surface area contributed by atoms with Gasteiger partial charge in [0, 0.05) is 33.9 Å². The van der Waals surface area contributed by atoms with Gasteiger partial charge in [0.25, 0.3) is 6.71 Å². The predicted octanol–water partition coefficient (Wildman–Crippen LogP) is 16.4. The minimum absolute atomic E-state index is 0.0212. The Kier molecular flexibility index (Phi) is 9.67. The van der Waals surface area contributed by atoms with Gasteiger partial charge in [0.05, 0.1) is 11.4 Å². The second-order valence-electron chi connectivity index (χ2n) is 18.7. The highest BCUT2D eigenvalue weighted by Crippen LogP contribution is 2.52. The molecule has 0 fully saturated rings. The molecule has 2 heterocycles. The van der Waals surface area contributed by atoms with Crippen molar-refractivity contribution in [1.82, 2.24) is 0 Å². The zero-order valence-corrected chi connectivity index (χ0v) is 39.0. The first-order chi connectivity index (χ1) is 35.3. The molecule has 2 aliphatic heterocycles. The maximum absolute atomic E-state index is 2.57. The number of hydrogen-bond acceptors (Lipinski definition) is 2. The lowest BCUT2D eigenvalue weighted by atomic mass is 9.33. The van der Waals surface area contributed by atoms with Crippen LogP contribution in [0, 0.1) is 0 Å². The smallest absolute Gasteiger partial charge is 0.252 e. The Morgan fingerprint density at radius 2 is 0.549 bits per heavy atom. The van der Waals surface area contributed by atoms with E-state index in [0.717, 1.165) is 16.9 Å². The van der Waals surface area contributed by atoms with Gasteiger partial charge in [-0.3, -0.25) is 0 Å². The molecule has 0 saturated carbocycles. The summed E-state index contributed by atoms with van der Waals surface area (Å²) in [5.74, 6) is 0. The second kappa shape index (κ2) is 16.8. The monoisotopic (exact) mass is 900 g/mol. The van der Waals surface area contributed by atoms with Gasteiger partial charge in [-0.15, -0.1) is 0 Å². The zero-order valence-electron chi connectivity index (χ0n) is 39.0. The maximum atomic E-state index is 2.57. The van der Waals surface area contributed by atoms with Crippen LogP contribution in [-0.2, 0) is 0 Å². The van der Waals surface area contributed by atoms with E-state index in [1.54, 1.807) is 0 Å². The third kappa shape index (κ3) is 6.51. The van der Waals surface area contributed by atoms with E-state index in [2.05, 4.69) is 283 Å². The molecular formula is C68H45BN2. The molecule has 12 aromatic rings. The molecule has 2 nitrogen and oxygen atoms in total. The van der Waals surface area contributed by atoms with E-state index >= 15 is 0 Å². The van der Waals surface area contributed by atoms with Gasteiger partial charge < -0.3 is 9.80 Å². The van der Waals surface area contributed by atoms with E-state index in [4.69, 9.17) is 0 Å². The lowest BCUT2D eigenvalue weighted by Gasteiger charge is -2.45. The Morgan fingerprint density at radius 1 is 0.225 bits per heavy atom. The summed E-state index contributed by atoms with van der Waals surface area (Å²) in [6, 6.07) is 101. The van der Waals surface area contributed by atoms with Crippen molar-refractivity contribution in [2.75, 3.05) is 9.80 Å². The van der Waals surface area contributed by atoms with Crippen molar-refractivity contribution in [3.05, 3.63) is 273 Å². The lowest BCUT2D eigenvalue weighted by Crippen LogP contribution is -2.61. The predicted molar refractivity (Wildman–Crippen MR) is 303 cm³/mol. The van der Waals surface area contributed by atoms with Crippen LogP contribution in [0.5, 0.6) is 0 Å². The molecular weight excluding hydrogens is 856 g/mol. The van der Waals surface area contributed by atoms with Gasteiger partial charge >= 0.3 is 0 Å². The molecule has 12 aromatic carbocycles. The summed E-state index contributed by atoms with van der Waals surface area (Å²) in [5, 5.41) is 4.88. The standard InChI is InChI=1S/C68H45BN2/c1-4-24-46(25-5-1)50-30-10-11-33-53(50)67-56-36-14-12-34-54(56)66(55-35-13-15-37-57(55)67)49-44-64-68-65(45-49)71(61-41-21-17-32-52(61)48-28-8-3-9-29-48)63-43-23-19-39-59(63)69(68)58-38-18-22-42-62(58)70(64)60-40-20-16-31-51(60)47-26-6-2-7-27-47/h1-45H. The fourth-order valence-corrected chi connectivity index (χ4v) is 11.9. The van der Waals surface area contributed by atoms with Crippen LogP contribution in [0.3, 0.4) is 0 Å². The second-order valence-corrected chi connectivity index (χ2v) is 18.7. The molecule has 3 heteroatoms. The molecule has 14 rings (SSSR count). The summed E-state index contributed by atoms with van der Waals surface area (Å²) in [6.45, 7) is -0.0212. The third-order valence-electron chi connectivity index (χ3n) is 14.8. The SMILES string of the molecule is c1ccc(-c2ccccc2-c2c3ccccc3c(-c3cc4c5c(c3)N(c3ccccc3-c3ccccc3)c3ccccc3B5c3ccccc3N4c3ccccc3-c3ccccc3)c3ccccc23)cc1. The summed E-state index contributed by atoms with van der Waals surface area (Å²) in [6.07, 6.45) is 0. The van der Waals surface area contributed by atoms with E-state index in [-0.39, 0.29) is 6.71 Å². The average Bonchev–Trinajstić information content (AvgIpc) is 3.45. The van der Waals surface area contributed by atoms with E-state index in [1.165, 1.54) is 111 Å². The number of nitrogens with zero attached hydrogens (tertiary/aromatic N) is 2. The Balaban J connectivity index is 1.13. The van der Waals surface area contributed by atoms with Gasteiger partial charge in [-0.1, -0.05) is 237 Å². The number of para-hydroxylation sites is 4. The van der Waals surface area contributed by atoms with Crippen LogP contribution in [0.15, 0.2) is 273 Å². The van der Waals surface area contributed by atoms with E-state index in [9.17, 15) is 0 Å². The first-order valence-electron chi connectivity index (χ1n) is 24.6. The fraction of sp³-hybridized carbons (Fsp3) is 0. The van der Waals surface area contributed by atoms with Gasteiger partial charge in [0.1, 0.15) is 0 Å². The van der Waals surface area contributed by atoms with Crippen LogP contribution in [0.2, 0.25) is 0 Å². The number of benzene rings is 12. The Labute approximate surface area is 415 Å². The molecule has 0 bridgehead atoms.